The fourth-order valence-corrected chi connectivity index (χ4v) is 1.07. The Kier molecular flexibility index (Phi) is 1.31. The van der Waals surface area contributed by atoms with Crippen LogP contribution in [0.2, 0.25) is 0 Å². The molecular formula is C8H6N4. The monoisotopic (exact) mass is 158 g/mol. The number of fused-ring (bicyclic) bond motifs is 1. The molecule has 0 radical (unpaired) electrons. The molecule has 2 aromatic heterocycles. The molecule has 2 heterocycles. The number of H-pyrrole nitrogens is 1. The van der Waals surface area contributed by atoms with E-state index in [1.165, 1.54) is 0 Å². The second kappa shape index (κ2) is 2.31. The van der Waals surface area contributed by atoms with Crippen molar-refractivity contribution in [3.8, 4) is 6.07 Å². The van der Waals surface area contributed by atoms with Crippen molar-refractivity contribution in [3.63, 3.8) is 0 Å². The molecule has 0 spiro atoms. The number of nitrogens with one attached hydrogen (secondary N) is 1. The predicted molar refractivity (Wildman–Crippen MR) is 43.3 cm³/mol. The van der Waals surface area contributed by atoms with E-state index in [0.717, 1.165) is 11.0 Å². The zero-order valence-corrected chi connectivity index (χ0v) is 6.50. The minimum atomic E-state index is 0.518. The third kappa shape index (κ3) is 0.920. The van der Waals surface area contributed by atoms with E-state index in [-0.39, 0.29) is 0 Å². The molecule has 0 amide bonds. The minimum Gasteiger partial charge on any atom is -0.344 e. The van der Waals surface area contributed by atoms with Gasteiger partial charge in [0, 0.05) is 6.07 Å². The fourth-order valence-electron chi connectivity index (χ4n) is 1.07. The van der Waals surface area contributed by atoms with Gasteiger partial charge in [0.05, 0.1) is 17.2 Å². The molecule has 0 atom stereocenters. The summed E-state index contributed by atoms with van der Waals surface area (Å²) in [7, 11) is 0. The van der Waals surface area contributed by atoms with E-state index in [1.807, 2.05) is 13.0 Å². The highest BCUT2D eigenvalue weighted by Gasteiger charge is 2.00. The third-order valence-electron chi connectivity index (χ3n) is 1.61. The van der Waals surface area contributed by atoms with Gasteiger partial charge in [0.1, 0.15) is 17.6 Å². The first-order chi connectivity index (χ1) is 5.79. The lowest BCUT2D eigenvalue weighted by atomic mass is 10.4. The van der Waals surface area contributed by atoms with Crippen LogP contribution in [-0.2, 0) is 0 Å². The van der Waals surface area contributed by atoms with Gasteiger partial charge in [-0.1, -0.05) is 0 Å². The molecular weight excluding hydrogens is 152 g/mol. The van der Waals surface area contributed by atoms with E-state index in [1.54, 1.807) is 12.3 Å². The van der Waals surface area contributed by atoms with Crippen molar-refractivity contribution in [1.82, 2.24) is 15.0 Å². The number of nitriles is 1. The van der Waals surface area contributed by atoms with Crippen molar-refractivity contribution >= 4 is 11.0 Å². The molecule has 1 N–H and O–H groups in total. The Morgan fingerprint density at radius 2 is 2.42 bits per heavy atom. The maximum Gasteiger partial charge on any atom is 0.126 e. The van der Waals surface area contributed by atoms with Gasteiger partial charge >= 0.3 is 0 Å². The highest BCUT2D eigenvalue weighted by molar-refractivity contribution is 5.75. The molecule has 0 saturated heterocycles. The Balaban J connectivity index is 2.77. The quantitative estimate of drug-likeness (QED) is 0.625. The van der Waals surface area contributed by atoms with E-state index in [0.29, 0.717) is 11.5 Å². The first-order valence-electron chi connectivity index (χ1n) is 3.52. The van der Waals surface area contributed by atoms with Gasteiger partial charge in [-0.2, -0.15) is 5.26 Å². The minimum absolute atomic E-state index is 0.518. The van der Waals surface area contributed by atoms with E-state index < -0.39 is 0 Å². The summed E-state index contributed by atoms with van der Waals surface area (Å²) in [5.74, 6) is 0.714. The summed E-state index contributed by atoms with van der Waals surface area (Å²) in [6.07, 6.45) is 1.68. The highest BCUT2D eigenvalue weighted by Crippen LogP contribution is 2.10. The van der Waals surface area contributed by atoms with Crippen LogP contribution in [0.25, 0.3) is 11.0 Å². The molecule has 2 rings (SSSR count). The molecule has 2 aromatic rings. The molecule has 58 valence electrons. The molecule has 4 nitrogen and oxygen atoms in total. The van der Waals surface area contributed by atoms with Crippen LogP contribution in [0.3, 0.4) is 0 Å². The Bertz CT molecular complexity index is 463. The van der Waals surface area contributed by atoms with Crippen LogP contribution in [0.1, 0.15) is 11.5 Å². The maximum atomic E-state index is 8.58. The van der Waals surface area contributed by atoms with Gasteiger partial charge in [0.2, 0.25) is 0 Å². The van der Waals surface area contributed by atoms with Crippen LogP contribution in [-0.4, -0.2) is 15.0 Å². The topological polar surface area (TPSA) is 65.4 Å². The zero-order chi connectivity index (χ0) is 8.55. The Morgan fingerprint density at radius 3 is 3.17 bits per heavy atom. The summed E-state index contributed by atoms with van der Waals surface area (Å²) in [5, 5.41) is 8.58. The second-order valence-corrected chi connectivity index (χ2v) is 2.51. The van der Waals surface area contributed by atoms with Crippen molar-refractivity contribution in [3.05, 3.63) is 23.8 Å². The smallest absolute Gasteiger partial charge is 0.126 e. The molecule has 4 heteroatoms. The summed E-state index contributed by atoms with van der Waals surface area (Å²) in [4.78, 5) is 11.0. The van der Waals surface area contributed by atoms with Gasteiger partial charge in [-0.3, -0.25) is 0 Å². The number of nitrogens with zero attached hydrogens (tertiary/aromatic N) is 3. The van der Waals surface area contributed by atoms with Crippen LogP contribution in [0.5, 0.6) is 0 Å². The Morgan fingerprint density at radius 1 is 1.58 bits per heavy atom. The molecule has 0 aliphatic rings. The molecule has 0 saturated carbocycles. The van der Waals surface area contributed by atoms with Gasteiger partial charge in [0.25, 0.3) is 0 Å². The number of hydrogen-bond acceptors (Lipinski definition) is 3. The summed E-state index contributed by atoms with van der Waals surface area (Å²) in [6, 6.07) is 3.72. The molecule has 0 aliphatic heterocycles. The third-order valence-corrected chi connectivity index (χ3v) is 1.61. The van der Waals surface area contributed by atoms with E-state index in [9.17, 15) is 0 Å². The van der Waals surface area contributed by atoms with E-state index in [4.69, 9.17) is 5.26 Å². The Hall–Kier alpha value is -1.89. The summed E-state index contributed by atoms with van der Waals surface area (Å²) in [5.41, 5.74) is 2.11. The van der Waals surface area contributed by atoms with Crippen molar-refractivity contribution in [2.45, 2.75) is 6.92 Å². The molecule has 0 aliphatic carbocycles. The van der Waals surface area contributed by atoms with Gasteiger partial charge in [-0.15, -0.1) is 0 Å². The summed E-state index contributed by atoms with van der Waals surface area (Å²) < 4.78 is 0. The maximum absolute atomic E-state index is 8.58. The zero-order valence-electron chi connectivity index (χ0n) is 6.50. The average molecular weight is 158 g/mol. The number of rotatable bonds is 0. The van der Waals surface area contributed by atoms with Crippen LogP contribution in [0.4, 0.5) is 0 Å². The number of aromatic nitrogens is 3. The Labute approximate surface area is 68.9 Å². The summed E-state index contributed by atoms with van der Waals surface area (Å²) >= 11 is 0. The van der Waals surface area contributed by atoms with E-state index in [2.05, 4.69) is 15.0 Å². The largest absolute Gasteiger partial charge is 0.344 e. The standard InChI is InChI=1S/C8H6N4/c1-5-10-4-8-7(11-5)2-6(3-9)12-8/h2,4,12H,1H3. The summed E-state index contributed by atoms with van der Waals surface area (Å²) in [6.45, 7) is 1.82. The molecule has 0 fully saturated rings. The van der Waals surface area contributed by atoms with Crippen LogP contribution in [0.15, 0.2) is 12.3 Å². The number of hydrogen-bond donors (Lipinski definition) is 1. The van der Waals surface area contributed by atoms with Gasteiger partial charge in [-0.05, 0) is 6.92 Å². The SMILES string of the molecule is Cc1ncc2[nH]c(C#N)cc2n1. The lowest BCUT2D eigenvalue weighted by Gasteiger charge is -1.88. The molecule has 0 aromatic carbocycles. The average Bonchev–Trinajstić information content (AvgIpc) is 2.46. The van der Waals surface area contributed by atoms with Crippen molar-refractivity contribution in [1.29, 1.82) is 5.26 Å². The molecule has 0 bridgehead atoms. The first-order valence-corrected chi connectivity index (χ1v) is 3.52. The number of aryl methyl sites for hydroxylation is 1. The van der Waals surface area contributed by atoms with Crippen LogP contribution in [0, 0.1) is 18.3 Å². The van der Waals surface area contributed by atoms with Crippen LogP contribution >= 0.6 is 0 Å². The molecule has 12 heavy (non-hydrogen) atoms. The first kappa shape index (κ1) is 6.80. The fraction of sp³-hybridized carbons (Fsp3) is 0.125. The predicted octanol–water partition coefficient (Wildman–Crippen LogP) is 1.14. The highest BCUT2D eigenvalue weighted by atomic mass is 14.9. The lowest BCUT2D eigenvalue weighted by Crippen LogP contribution is -1.84. The van der Waals surface area contributed by atoms with Crippen molar-refractivity contribution in [2.75, 3.05) is 0 Å². The van der Waals surface area contributed by atoms with Gasteiger partial charge < -0.3 is 4.98 Å². The van der Waals surface area contributed by atoms with Crippen LogP contribution < -0.4 is 0 Å². The lowest BCUT2D eigenvalue weighted by molar-refractivity contribution is 1.09. The molecule has 0 unspecified atom stereocenters. The van der Waals surface area contributed by atoms with Crippen molar-refractivity contribution < 1.29 is 0 Å². The van der Waals surface area contributed by atoms with Gasteiger partial charge in [0.15, 0.2) is 0 Å². The van der Waals surface area contributed by atoms with Crippen molar-refractivity contribution in [2.24, 2.45) is 0 Å². The second-order valence-electron chi connectivity index (χ2n) is 2.51. The number of aromatic amines is 1. The van der Waals surface area contributed by atoms with Gasteiger partial charge in [-0.25, -0.2) is 9.97 Å². The van der Waals surface area contributed by atoms with E-state index >= 15 is 0 Å². The normalized spacial score (nSPS) is 10.0.